The molecule has 0 aliphatic heterocycles. The number of anilines is 1. The summed E-state index contributed by atoms with van der Waals surface area (Å²) in [6.07, 6.45) is 0. The van der Waals surface area contributed by atoms with Crippen molar-refractivity contribution in [3.63, 3.8) is 0 Å². The van der Waals surface area contributed by atoms with Gasteiger partial charge < -0.3 is 10.8 Å². The van der Waals surface area contributed by atoms with Gasteiger partial charge >= 0.3 is 12.0 Å². The molecule has 82 valence electrons. The maximum absolute atomic E-state index is 11.1. The first-order valence-electron chi connectivity index (χ1n) is 4.35. The minimum atomic E-state index is -0.946. The summed E-state index contributed by atoms with van der Waals surface area (Å²) in [4.78, 5) is 23.0. The van der Waals surface area contributed by atoms with Crippen LogP contribution in [0.25, 0.3) is 0 Å². The Hall–Kier alpha value is -1.56. The molecule has 5 nitrogen and oxygen atoms in total. The summed E-state index contributed by atoms with van der Waals surface area (Å²) in [5.74, 6) is -1.59. The van der Waals surface area contributed by atoms with Crippen LogP contribution in [0.2, 0.25) is 0 Å². The van der Waals surface area contributed by atoms with E-state index < -0.39 is 17.9 Å². The molecule has 1 aromatic heterocycles. The Kier molecular flexibility index (Phi) is 3.68. The van der Waals surface area contributed by atoms with Gasteiger partial charge in [0.25, 0.3) is 0 Å². The molecule has 15 heavy (non-hydrogen) atoms. The Morgan fingerprint density at radius 3 is 2.73 bits per heavy atom. The van der Waals surface area contributed by atoms with Crippen molar-refractivity contribution in [1.29, 1.82) is 0 Å². The Morgan fingerprint density at radius 1 is 1.67 bits per heavy atom. The van der Waals surface area contributed by atoms with E-state index in [1.807, 2.05) is 0 Å². The predicted molar refractivity (Wildman–Crippen MR) is 58.0 cm³/mol. The first-order valence-corrected chi connectivity index (χ1v) is 5.23. The van der Waals surface area contributed by atoms with Gasteiger partial charge in [0.15, 0.2) is 0 Å². The maximum atomic E-state index is 11.1. The van der Waals surface area contributed by atoms with Crippen LogP contribution in [0.4, 0.5) is 9.80 Å². The van der Waals surface area contributed by atoms with Gasteiger partial charge in [-0.2, -0.15) is 0 Å². The van der Waals surface area contributed by atoms with E-state index in [-0.39, 0.29) is 6.54 Å². The molecule has 2 amide bonds. The number of nitrogens with zero attached hydrogens (tertiary/aromatic N) is 1. The molecule has 1 rings (SSSR count). The van der Waals surface area contributed by atoms with Crippen molar-refractivity contribution in [3.05, 3.63) is 17.5 Å². The highest BCUT2D eigenvalue weighted by molar-refractivity contribution is 7.14. The highest BCUT2D eigenvalue weighted by Gasteiger charge is 2.20. The molecule has 0 radical (unpaired) electrons. The number of carbonyl (C=O) groups is 2. The fourth-order valence-electron chi connectivity index (χ4n) is 1.06. The molecule has 1 unspecified atom stereocenters. The summed E-state index contributed by atoms with van der Waals surface area (Å²) in [7, 11) is 0. The average Bonchev–Trinajstić information content (AvgIpc) is 2.65. The average molecular weight is 228 g/mol. The van der Waals surface area contributed by atoms with Gasteiger partial charge in [-0.25, -0.2) is 4.79 Å². The van der Waals surface area contributed by atoms with Crippen LogP contribution in [-0.2, 0) is 4.79 Å². The Bertz CT molecular complexity index is 350. The quantitative estimate of drug-likeness (QED) is 0.816. The SMILES string of the molecule is CC(CN(C(N)=O)c1cccs1)C(=O)O. The van der Waals surface area contributed by atoms with E-state index in [4.69, 9.17) is 10.8 Å². The summed E-state index contributed by atoms with van der Waals surface area (Å²) in [5.41, 5.74) is 5.18. The standard InChI is InChI=1S/C9H12N2O3S/c1-6(8(12)13)5-11(9(10)14)7-3-2-4-15-7/h2-4,6H,5H2,1H3,(H2,10,14)(H,12,13). The molecule has 1 heterocycles. The number of carbonyl (C=O) groups excluding carboxylic acids is 1. The molecular formula is C9H12N2O3S. The van der Waals surface area contributed by atoms with Gasteiger partial charge in [0.05, 0.1) is 10.9 Å². The van der Waals surface area contributed by atoms with Gasteiger partial charge in [0.2, 0.25) is 0 Å². The van der Waals surface area contributed by atoms with E-state index in [1.54, 1.807) is 17.5 Å². The molecule has 0 saturated carbocycles. The monoisotopic (exact) mass is 228 g/mol. The summed E-state index contributed by atoms with van der Waals surface area (Å²) >= 11 is 1.35. The van der Waals surface area contributed by atoms with Crippen molar-refractivity contribution in [2.45, 2.75) is 6.92 Å². The van der Waals surface area contributed by atoms with Crippen molar-refractivity contribution >= 4 is 28.3 Å². The molecule has 0 saturated heterocycles. The second-order valence-corrected chi connectivity index (χ2v) is 4.07. The van der Waals surface area contributed by atoms with Crippen molar-refractivity contribution in [2.24, 2.45) is 11.7 Å². The third-order valence-electron chi connectivity index (χ3n) is 1.92. The van der Waals surface area contributed by atoms with Gasteiger partial charge in [-0.1, -0.05) is 6.92 Å². The van der Waals surface area contributed by atoms with Crippen LogP contribution in [0, 0.1) is 5.92 Å². The van der Waals surface area contributed by atoms with Crippen molar-refractivity contribution in [1.82, 2.24) is 0 Å². The van der Waals surface area contributed by atoms with Crippen LogP contribution >= 0.6 is 11.3 Å². The van der Waals surface area contributed by atoms with Gasteiger partial charge in [-0.05, 0) is 17.5 Å². The van der Waals surface area contributed by atoms with Crippen LogP contribution in [0.5, 0.6) is 0 Å². The number of carboxylic acid groups (broad SMARTS) is 1. The number of aliphatic carboxylic acids is 1. The van der Waals surface area contributed by atoms with Gasteiger partial charge in [-0.15, -0.1) is 11.3 Å². The van der Waals surface area contributed by atoms with Crippen LogP contribution in [0.15, 0.2) is 17.5 Å². The largest absolute Gasteiger partial charge is 0.481 e. The third kappa shape index (κ3) is 2.95. The molecule has 0 aliphatic carbocycles. The molecule has 0 aliphatic rings. The molecule has 3 N–H and O–H groups in total. The zero-order chi connectivity index (χ0) is 11.4. The molecular weight excluding hydrogens is 216 g/mol. The van der Waals surface area contributed by atoms with E-state index in [0.29, 0.717) is 5.00 Å². The smallest absolute Gasteiger partial charge is 0.319 e. The zero-order valence-electron chi connectivity index (χ0n) is 8.21. The molecule has 6 heteroatoms. The third-order valence-corrected chi connectivity index (χ3v) is 2.81. The Morgan fingerprint density at radius 2 is 2.33 bits per heavy atom. The lowest BCUT2D eigenvalue weighted by atomic mass is 10.2. The molecule has 0 fully saturated rings. The summed E-state index contributed by atoms with van der Waals surface area (Å²) in [5, 5.41) is 11.2. The van der Waals surface area contributed by atoms with Crippen LogP contribution in [0.1, 0.15) is 6.92 Å². The predicted octanol–water partition coefficient (Wildman–Crippen LogP) is 1.35. The second kappa shape index (κ2) is 4.79. The van der Waals surface area contributed by atoms with Crippen LogP contribution in [-0.4, -0.2) is 23.7 Å². The Labute approximate surface area is 91.1 Å². The number of rotatable bonds is 4. The summed E-state index contributed by atoms with van der Waals surface area (Å²) in [6, 6.07) is 2.87. The van der Waals surface area contributed by atoms with Crippen molar-refractivity contribution in [2.75, 3.05) is 11.4 Å². The molecule has 1 aromatic rings. The number of hydrogen-bond acceptors (Lipinski definition) is 3. The van der Waals surface area contributed by atoms with E-state index in [0.717, 1.165) is 0 Å². The fraction of sp³-hybridized carbons (Fsp3) is 0.333. The number of amides is 2. The number of hydrogen-bond donors (Lipinski definition) is 2. The summed E-state index contributed by atoms with van der Waals surface area (Å²) < 4.78 is 0. The fourth-order valence-corrected chi connectivity index (χ4v) is 1.81. The number of thiophene rings is 1. The minimum absolute atomic E-state index is 0.0885. The van der Waals surface area contributed by atoms with E-state index in [2.05, 4.69) is 0 Å². The molecule has 0 spiro atoms. The lowest BCUT2D eigenvalue weighted by molar-refractivity contribution is -0.140. The Balaban J connectivity index is 2.77. The zero-order valence-corrected chi connectivity index (χ0v) is 9.03. The molecule has 0 aromatic carbocycles. The molecule has 0 bridgehead atoms. The highest BCUT2D eigenvalue weighted by Crippen LogP contribution is 2.21. The van der Waals surface area contributed by atoms with Crippen LogP contribution < -0.4 is 10.6 Å². The number of nitrogens with two attached hydrogens (primary N) is 1. The van der Waals surface area contributed by atoms with Crippen LogP contribution in [0.3, 0.4) is 0 Å². The van der Waals surface area contributed by atoms with Gasteiger partial charge in [-0.3, -0.25) is 9.69 Å². The minimum Gasteiger partial charge on any atom is -0.481 e. The highest BCUT2D eigenvalue weighted by atomic mass is 32.1. The topological polar surface area (TPSA) is 83.6 Å². The number of primary amides is 1. The lowest BCUT2D eigenvalue weighted by Crippen LogP contribution is -2.40. The van der Waals surface area contributed by atoms with E-state index in [1.165, 1.54) is 23.2 Å². The van der Waals surface area contributed by atoms with E-state index >= 15 is 0 Å². The first-order chi connectivity index (χ1) is 7.02. The normalized spacial score (nSPS) is 12.1. The molecule has 1 atom stereocenters. The first kappa shape index (κ1) is 11.5. The van der Waals surface area contributed by atoms with Crippen molar-refractivity contribution in [3.8, 4) is 0 Å². The number of urea groups is 1. The lowest BCUT2D eigenvalue weighted by Gasteiger charge is -2.20. The van der Waals surface area contributed by atoms with Gasteiger partial charge in [0.1, 0.15) is 0 Å². The van der Waals surface area contributed by atoms with E-state index in [9.17, 15) is 9.59 Å². The van der Waals surface area contributed by atoms with Gasteiger partial charge in [0, 0.05) is 6.54 Å². The number of carboxylic acids is 1. The van der Waals surface area contributed by atoms with Crippen molar-refractivity contribution < 1.29 is 14.7 Å². The summed E-state index contributed by atoms with van der Waals surface area (Å²) in [6.45, 7) is 1.62. The maximum Gasteiger partial charge on any atom is 0.319 e. The second-order valence-electron chi connectivity index (χ2n) is 3.14.